The van der Waals surface area contributed by atoms with E-state index in [1.54, 1.807) is 11.3 Å². The molecule has 2 heterocycles. The molecule has 5 N–H and O–H groups in total. The van der Waals surface area contributed by atoms with Crippen LogP contribution in [0.2, 0.25) is 0 Å². The quantitative estimate of drug-likeness (QED) is 0.579. The normalized spacial score (nSPS) is 14.2. The number of thioether (sulfide) groups is 1. The number of rotatable bonds is 5. The smallest absolute Gasteiger partial charge is 0.253 e. The van der Waals surface area contributed by atoms with Gasteiger partial charge in [-0.15, -0.1) is 0 Å². The Morgan fingerprint density at radius 3 is 2.95 bits per heavy atom. The lowest BCUT2D eigenvalue weighted by atomic mass is 10.1. The molecule has 0 spiro atoms. The van der Waals surface area contributed by atoms with Crippen molar-refractivity contribution in [3.8, 4) is 0 Å². The summed E-state index contributed by atoms with van der Waals surface area (Å²) in [7, 11) is 0. The Morgan fingerprint density at radius 1 is 1.58 bits per heavy atom. The second-order valence-electron chi connectivity index (χ2n) is 4.14. The topological polar surface area (TPSA) is 97.8 Å². The number of aromatic amines is 1. The average Bonchev–Trinajstić information content (AvgIpc) is 2.87. The number of aromatic nitrogens is 2. The lowest BCUT2D eigenvalue weighted by Gasteiger charge is -2.21. The Labute approximate surface area is 119 Å². The molecule has 0 fully saturated rings. The van der Waals surface area contributed by atoms with Crippen LogP contribution in [0.4, 0.5) is 5.82 Å². The summed E-state index contributed by atoms with van der Waals surface area (Å²) in [5.74, 6) is 0.223. The molecule has 0 amide bonds. The molecular formula is C12H16N4OS2. The van der Waals surface area contributed by atoms with Crippen molar-refractivity contribution in [1.82, 2.24) is 9.97 Å². The van der Waals surface area contributed by atoms with Crippen LogP contribution >= 0.6 is 23.1 Å². The first-order chi connectivity index (χ1) is 9.10. The maximum atomic E-state index is 11.4. The number of thiophene rings is 1. The summed E-state index contributed by atoms with van der Waals surface area (Å²) in [6.45, 7) is 2.04. The molecule has 2 aromatic heterocycles. The monoisotopic (exact) mass is 296 g/mol. The van der Waals surface area contributed by atoms with E-state index < -0.39 is 0 Å². The lowest BCUT2D eigenvalue weighted by molar-refractivity contribution is 0.633. The van der Waals surface area contributed by atoms with Gasteiger partial charge in [-0.05, 0) is 28.8 Å². The van der Waals surface area contributed by atoms with Crippen LogP contribution in [-0.4, -0.2) is 16.0 Å². The predicted molar refractivity (Wildman–Crippen MR) is 80.5 cm³/mol. The number of nitrogens with one attached hydrogen (secondary N) is 1. The van der Waals surface area contributed by atoms with E-state index in [1.165, 1.54) is 17.8 Å². The second-order valence-corrected chi connectivity index (χ2v) is 6.05. The van der Waals surface area contributed by atoms with Gasteiger partial charge in [0, 0.05) is 12.1 Å². The zero-order valence-electron chi connectivity index (χ0n) is 10.5. The second kappa shape index (κ2) is 6.23. The molecule has 0 aliphatic rings. The third kappa shape index (κ3) is 3.59. The van der Waals surface area contributed by atoms with E-state index in [0.29, 0.717) is 5.16 Å². The maximum Gasteiger partial charge on any atom is 0.253 e. The first-order valence-electron chi connectivity index (χ1n) is 5.91. The van der Waals surface area contributed by atoms with Gasteiger partial charge in [0.15, 0.2) is 5.16 Å². The predicted octanol–water partition coefficient (Wildman–Crippen LogP) is 1.98. The molecule has 2 atom stereocenters. The van der Waals surface area contributed by atoms with Crippen LogP contribution in [-0.2, 0) is 0 Å². The van der Waals surface area contributed by atoms with Crippen LogP contribution in [0.15, 0.2) is 32.8 Å². The van der Waals surface area contributed by atoms with Gasteiger partial charge in [-0.3, -0.25) is 4.79 Å². The van der Waals surface area contributed by atoms with E-state index in [2.05, 4.69) is 15.3 Å². The van der Waals surface area contributed by atoms with E-state index in [0.717, 1.165) is 12.0 Å². The molecular weight excluding hydrogens is 280 g/mol. The number of anilines is 1. The molecule has 5 nitrogen and oxygen atoms in total. The fourth-order valence-corrected chi connectivity index (χ4v) is 3.67. The number of nitrogens with zero attached hydrogens (tertiary/aromatic N) is 1. The number of hydrogen-bond donors (Lipinski definition) is 3. The van der Waals surface area contributed by atoms with Crippen LogP contribution in [0.1, 0.15) is 24.2 Å². The van der Waals surface area contributed by atoms with E-state index in [1.807, 2.05) is 18.4 Å². The molecule has 0 aromatic carbocycles. The zero-order valence-corrected chi connectivity index (χ0v) is 12.1. The van der Waals surface area contributed by atoms with Crippen molar-refractivity contribution in [2.75, 3.05) is 5.73 Å². The number of nitrogens with two attached hydrogens (primary N) is 2. The first-order valence-corrected chi connectivity index (χ1v) is 7.73. The molecule has 2 aromatic rings. The molecule has 102 valence electrons. The third-order valence-electron chi connectivity index (χ3n) is 2.71. The average molecular weight is 296 g/mol. The molecule has 2 unspecified atom stereocenters. The van der Waals surface area contributed by atoms with E-state index in [9.17, 15) is 4.79 Å². The zero-order chi connectivity index (χ0) is 13.8. The number of nitrogen functional groups attached to an aromatic ring is 1. The fourth-order valence-electron chi connectivity index (χ4n) is 1.68. The molecule has 19 heavy (non-hydrogen) atoms. The number of H-pyrrole nitrogens is 1. The lowest BCUT2D eigenvalue weighted by Crippen LogP contribution is -2.25. The minimum atomic E-state index is -0.246. The van der Waals surface area contributed by atoms with Crippen LogP contribution in [0.25, 0.3) is 0 Å². The summed E-state index contributed by atoms with van der Waals surface area (Å²) in [5, 5.41) is 4.64. The Bertz CT molecular complexity index is 582. The summed E-state index contributed by atoms with van der Waals surface area (Å²) in [6, 6.07) is 3.30. The summed E-state index contributed by atoms with van der Waals surface area (Å²) in [6.07, 6.45) is 0.847. The highest BCUT2D eigenvalue weighted by Crippen LogP contribution is 2.37. The van der Waals surface area contributed by atoms with Gasteiger partial charge >= 0.3 is 0 Å². The Morgan fingerprint density at radius 2 is 2.37 bits per heavy atom. The maximum absolute atomic E-state index is 11.4. The molecule has 2 rings (SSSR count). The van der Waals surface area contributed by atoms with Gasteiger partial charge in [-0.25, -0.2) is 4.98 Å². The van der Waals surface area contributed by atoms with Crippen molar-refractivity contribution in [2.24, 2.45) is 5.73 Å². The minimum Gasteiger partial charge on any atom is -0.383 e. The molecule has 0 saturated carbocycles. The van der Waals surface area contributed by atoms with Crippen LogP contribution in [0.5, 0.6) is 0 Å². The fraction of sp³-hybridized carbons (Fsp3) is 0.333. The highest BCUT2D eigenvalue weighted by molar-refractivity contribution is 7.99. The van der Waals surface area contributed by atoms with E-state index in [-0.39, 0.29) is 22.7 Å². The molecule has 0 radical (unpaired) electrons. The van der Waals surface area contributed by atoms with Crippen molar-refractivity contribution in [3.05, 3.63) is 38.8 Å². The first kappa shape index (κ1) is 14.1. The highest BCUT2D eigenvalue weighted by Gasteiger charge is 2.21. The van der Waals surface area contributed by atoms with Crippen molar-refractivity contribution >= 4 is 28.9 Å². The van der Waals surface area contributed by atoms with Gasteiger partial charge in [-0.2, -0.15) is 11.3 Å². The van der Waals surface area contributed by atoms with Gasteiger partial charge in [0.1, 0.15) is 5.82 Å². The molecule has 0 saturated heterocycles. The van der Waals surface area contributed by atoms with Gasteiger partial charge in [0.05, 0.1) is 5.25 Å². The SMILES string of the molecule is CCC(N)C(Sc1nc(N)cc(=O)[nH]1)c1ccsc1. The molecule has 7 heteroatoms. The Hall–Kier alpha value is -1.31. The molecule has 0 bridgehead atoms. The van der Waals surface area contributed by atoms with Crippen molar-refractivity contribution in [2.45, 2.75) is 29.8 Å². The van der Waals surface area contributed by atoms with Crippen LogP contribution in [0, 0.1) is 0 Å². The number of hydrogen-bond acceptors (Lipinski definition) is 6. The summed E-state index contributed by atoms with van der Waals surface area (Å²) >= 11 is 3.07. The van der Waals surface area contributed by atoms with Gasteiger partial charge in [-0.1, -0.05) is 18.7 Å². The highest BCUT2D eigenvalue weighted by atomic mass is 32.2. The van der Waals surface area contributed by atoms with Crippen molar-refractivity contribution in [3.63, 3.8) is 0 Å². The molecule has 0 aliphatic heterocycles. The summed E-state index contributed by atoms with van der Waals surface area (Å²) in [5.41, 5.74) is 12.7. The van der Waals surface area contributed by atoms with E-state index >= 15 is 0 Å². The van der Waals surface area contributed by atoms with Crippen LogP contribution in [0.3, 0.4) is 0 Å². The van der Waals surface area contributed by atoms with Crippen molar-refractivity contribution < 1.29 is 0 Å². The van der Waals surface area contributed by atoms with Crippen molar-refractivity contribution in [1.29, 1.82) is 0 Å². The van der Waals surface area contributed by atoms with E-state index in [4.69, 9.17) is 11.5 Å². The van der Waals surface area contributed by atoms with Crippen LogP contribution < -0.4 is 17.0 Å². The minimum absolute atomic E-state index is 0.00803. The Kier molecular flexibility index (Phi) is 4.62. The largest absolute Gasteiger partial charge is 0.383 e. The third-order valence-corrected chi connectivity index (χ3v) is 4.70. The van der Waals surface area contributed by atoms with Gasteiger partial charge < -0.3 is 16.5 Å². The van der Waals surface area contributed by atoms with Gasteiger partial charge in [0.25, 0.3) is 5.56 Å². The Balaban J connectivity index is 2.27. The van der Waals surface area contributed by atoms with Gasteiger partial charge in [0.2, 0.25) is 0 Å². The summed E-state index contributed by atoms with van der Waals surface area (Å²) in [4.78, 5) is 18.2. The standard InChI is InChI=1S/C12H16N4OS2/c1-2-8(13)11(7-3-4-18-6-7)19-12-15-9(14)5-10(17)16-12/h3-6,8,11H,2,13H2,1H3,(H3,14,15,16,17). The summed E-state index contributed by atoms with van der Waals surface area (Å²) < 4.78 is 0. The molecule has 0 aliphatic carbocycles.